The first kappa shape index (κ1) is 80.1. The molecule has 19 rings (SSSR count). The first-order valence-corrected chi connectivity index (χ1v) is 38.5. The van der Waals surface area contributed by atoms with Crippen molar-refractivity contribution < 1.29 is 62.8 Å². The van der Waals surface area contributed by atoms with E-state index in [0.717, 1.165) is 31.4 Å². The number of carbonyl (C=O) groups excluding carboxylic acids is 2. The van der Waals surface area contributed by atoms with Crippen LogP contribution >= 0.6 is 0 Å². The third-order valence-electron chi connectivity index (χ3n) is 20.6. The number of amides is 2. The third kappa shape index (κ3) is 17.1. The van der Waals surface area contributed by atoms with Gasteiger partial charge in [-0.3, -0.25) is 9.59 Å². The second-order valence-corrected chi connectivity index (χ2v) is 28.8. The second kappa shape index (κ2) is 35.2. The molecule has 0 bridgehead atoms. The Morgan fingerprint density at radius 1 is 0.347 bits per heavy atom. The van der Waals surface area contributed by atoms with E-state index in [-0.39, 0.29) is 122 Å². The monoisotopic (exact) mass is 1650 g/mol. The summed E-state index contributed by atoms with van der Waals surface area (Å²) in [5, 5.41) is 48.8. The number of halogens is 8. The fourth-order valence-electron chi connectivity index (χ4n) is 14.3. The molecule has 28 nitrogen and oxygen atoms in total. The molecule has 10 heterocycles. The maximum absolute atomic E-state index is 14.6. The normalized spacial score (nSPS) is 13.7. The highest BCUT2D eigenvalue weighted by Gasteiger charge is 2.37. The summed E-state index contributed by atoms with van der Waals surface area (Å²) in [7, 11) is 0. The number of benzene rings is 8. The van der Waals surface area contributed by atoms with Gasteiger partial charge in [-0.2, -0.15) is 19.9 Å². The number of piperidine rings is 2. The molecule has 2 aliphatic heterocycles. The maximum Gasteiger partial charge on any atom is 0.280 e. The van der Waals surface area contributed by atoms with Gasteiger partial charge < -0.3 is 27.9 Å². The molecular formula is C85H70F8N22O6. The van der Waals surface area contributed by atoms with Crippen molar-refractivity contribution in [2.75, 3.05) is 26.2 Å². The van der Waals surface area contributed by atoms with Crippen LogP contribution in [0.5, 0.6) is 0 Å². The Morgan fingerprint density at radius 2 is 0.628 bits per heavy atom. The molecule has 8 aromatic heterocycles. The molecule has 612 valence electrons. The Bertz CT molecular complexity index is 6220. The van der Waals surface area contributed by atoms with E-state index >= 15 is 0 Å². The topological polar surface area (TPSA) is 319 Å². The average Bonchev–Trinajstić information content (AvgIpc) is 1.63. The van der Waals surface area contributed by atoms with E-state index in [9.17, 15) is 44.7 Å². The van der Waals surface area contributed by atoms with Crippen molar-refractivity contribution in [3.8, 4) is 115 Å². The van der Waals surface area contributed by atoms with E-state index in [1.54, 1.807) is 164 Å². The van der Waals surface area contributed by atoms with E-state index < -0.39 is 46.5 Å². The molecule has 36 heteroatoms. The molecule has 1 saturated carbocycles. The zero-order valence-corrected chi connectivity index (χ0v) is 64.9. The summed E-state index contributed by atoms with van der Waals surface area (Å²) >= 11 is 0. The Morgan fingerprint density at radius 3 is 0.975 bits per heavy atom. The molecule has 16 aromatic rings. The number of rotatable bonds is 17. The Balaban J connectivity index is 0.000000120. The van der Waals surface area contributed by atoms with E-state index in [1.807, 2.05) is 18.7 Å². The maximum atomic E-state index is 14.6. The summed E-state index contributed by atoms with van der Waals surface area (Å²) in [5.74, 6) is -2.39. The fourth-order valence-corrected chi connectivity index (χ4v) is 14.3. The first-order valence-electron chi connectivity index (χ1n) is 38.5. The molecule has 0 spiro atoms. The molecule has 2 amide bonds. The number of hydrogen-bond donors (Lipinski definition) is 0. The highest BCUT2D eigenvalue weighted by molar-refractivity contribution is 5.74. The van der Waals surface area contributed by atoms with Gasteiger partial charge in [0.1, 0.15) is 69.3 Å². The van der Waals surface area contributed by atoms with Crippen molar-refractivity contribution in [1.82, 2.24) is 110 Å². The van der Waals surface area contributed by atoms with Crippen LogP contribution in [0.25, 0.3) is 115 Å². The van der Waals surface area contributed by atoms with Crippen LogP contribution in [0.1, 0.15) is 107 Å². The Hall–Kier alpha value is -14.7. The highest BCUT2D eigenvalue weighted by Crippen LogP contribution is 2.45. The number of nitrogens with zero attached hydrogens (tertiary/aromatic N) is 22. The minimum absolute atomic E-state index is 0.0147. The summed E-state index contributed by atoms with van der Waals surface area (Å²) in [6.45, 7) is 9.40. The van der Waals surface area contributed by atoms with Gasteiger partial charge in [0.15, 0.2) is 22.8 Å². The minimum atomic E-state index is -0.475. The number of likely N-dealkylation sites (tertiary alicyclic amines) is 2. The SMILES string of the molecule is CC(=O)N1CCC(Cc2c(-c3nc(-c4ccccc4F)no3)nnn2-c2ccccc2F)CC1.CC(=O)N1CCC(c2c(-c3nc(-c4ccccc4F)no3)nnn2-c2ccccc2F)CC1.CC(C)c1c(-c2nc(-c3ccccc3F)no2)nnn1-c1ccccc1F.Fc1ccccc1-c1noc(-c2nnn(-c3ccccc3F)c2C2CC2)n1. The number of carbonyl (C=O) groups is 2. The van der Waals surface area contributed by atoms with Gasteiger partial charge >= 0.3 is 0 Å². The lowest BCUT2D eigenvalue weighted by Gasteiger charge is -2.31. The quantitative estimate of drug-likeness (QED) is 0.0764. The summed E-state index contributed by atoms with van der Waals surface area (Å²) in [5.41, 5.74) is 5.90. The van der Waals surface area contributed by atoms with Crippen LogP contribution in [-0.2, 0) is 16.0 Å². The standard InChI is InChI=1S/C24H22F2N6O2.C23H20F2N6O2.C19H13F2N5O.C19H15F2N5O/c1-15(33)31-12-10-16(11-13-31)14-21-22(28-30-32(21)20-9-5-4-8-19(20)26)24-27-23(29-34-24)17-6-2-3-7-18(17)25;1-14(32)30-12-10-15(11-13-30)21-20(27-29-31(21)19-9-5-4-8-18(19)25)23-26-22(28-33-23)16-6-2-3-7-17(16)24;20-13-6-2-1-5-12(13)18-22-19(27-24-18)16-17(11-9-10-11)26(25-23-16)15-8-4-3-7-14(15)21;1-11(2)17-16(23-25-26(17)15-10-6-5-9-14(15)21)19-22-18(24-27-19)12-7-3-4-8-13(12)20/h2-9,16H,10-14H2,1H3;2-9,15H,10-13H2,1H3;1-8,11H,9-10H2;3-11H,1-2H3. The largest absolute Gasteiger partial charge is 0.343 e. The first-order chi connectivity index (χ1) is 58.8. The Labute approximate surface area is 682 Å². The molecular weight excluding hydrogens is 1580 g/mol. The van der Waals surface area contributed by atoms with Crippen LogP contribution in [0.3, 0.4) is 0 Å². The molecule has 121 heavy (non-hydrogen) atoms. The van der Waals surface area contributed by atoms with Crippen LogP contribution < -0.4 is 0 Å². The van der Waals surface area contributed by atoms with E-state index in [0.29, 0.717) is 91.0 Å². The molecule has 1 aliphatic carbocycles. The predicted molar refractivity (Wildman–Crippen MR) is 419 cm³/mol. The van der Waals surface area contributed by atoms with E-state index in [4.69, 9.17) is 18.1 Å². The molecule has 8 aromatic carbocycles. The zero-order chi connectivity index (χ0) is 84.0. The van der Waals surface area contributed by atoms with Crippen molar-refractivity contribution in [2.45, 2.75) is 90.4 Å². The molecule has 0 atom stereocenters. The summed E-state index contributed by atoms with van der Waals surface area (Å²) in [4.78, 5) is 44.3. The lowest BCUT2D eigenvalue weighted by molar-refractivity contribution is -0.130. The van der Waals surface area contributed by atoms with Crippen molar-refractivity contribution in [3.05, 3.63) is 263 Å². The van der Waals surface area contributed by atoms with Gasteiger partial charge in [-0.1, -0.05) is 152 Å². The van der Waals surface area contributed by atoms with Crippen molar-refractivity contribution in [2.24, 2.45) is 5.92 Å². The fraction of sp³-hybridized carbons (Fsp3) is 0.224. The van der Waals surface area contributed by atoms with E-state index in [1.165, 1.54) is 67.3 Å². The average molecular weight is 1650 g/mol. The smallest absolute Gasteiger partial charge is 0.280 e. The van der Waals surface area contributed by atoms with Gasteiger partial charge in [0.2, 0.25) is 35.1 Å². The molecule has 3 fully saturated rings. The molecule has 0 radical (unpaired) electrons. The van der Waals surface area contributed by atoms with Crippen molar-refractivity contribution in [3.63, 3.8) is 0 Å². The second-order valence-electron chi connectivity index (χ2n) is 28.8. The van der Waals surface area contributed by atoms with E-state index in [2.05, 4.69) is 81.8 Å². The van der Waals surface area contributed by atoms with Crippen molar-refractivity contribution in [1.29, 1.82) is 0 Å². The van der Waals surface area contributed by atoms with Gasteiger partial charge in [0.25, 0.3) is 23.6 Å². The zero-order valence-electron chi connectivity index (χ0n) is 64.9. The third-order valence-corrected chi connectivity index (χ3v) is 20.6. The summed E-state index contributed by atoms with van der Waals surface area (Å²) < 4.78 is 141. The van der Waals surface area contributed by atoms with Crippen LogP contribution in [0, 0.1) is 52.5 Å². The molecule has 0 N–H and O–H groups in total. The van der Waals surface area contributed by atoms with Crippen molar-refractivity contribution >= 4 is 11.8 Å². The summed E-state index contributed by atoms with van der Waals surface area (Å²) in [6, 6.07) is 49.8. The number of para-hydroxylation sites is 4. The highest BCUT2D eigenvalue weighted by atomic mass is 19.2. The van der Waals surface area contributed by atoms with Crippen LogP contribution in [-0.4, -0.2) is 148 Å². The van der Waals surface area contributed by atoms with Gasteiger partial charge in [-0.15, -0.1) is 20.4 Å². The minimum Gasteiger partial charge on any atom is -0.343 e. The molecule has 3 aliphatic rings. The van der Waals surface area contributed by atoms with Crippen LogP contribution in [0.15, 0.2) is 212 Å². The van der Waals surface area contributed by atoms with Crippen LogP contribution in [0.4, 0.5) is 35.1 Å². The predicted octanol–water partition coefficient (Wildman–Crippen LogP) is 16.6. The van der Waals surface area contributed by atoms with Gasteiger partial charge in [0, 0.05) is 51.9 Å². The van der Waals surface area contributed by atoms with Gasteiger partial charge in [-0.05, 0) is 154 Å². The molecule has 2 saturated heterocycles. The molecule has 0 unspecified atom stereocenters. The number of aromatic nitrogens is 20. The van der Waals surface area contributed by atoms with Gasteiger partial charge in [-0.25, -0.2) is 53.9 Å². The van der Waals surface area contributed by atoms with Gasteiger partial charge in [0.05, 0.1) is 45.0 Å². The summed E-state index contributed by atoms with van der Waals surface area (Å²) in [6.07, 6.45) is 5.30. The van der Waals surface area contributed by atoms with Crippen LogP contribution in [0.2, 0.25) is 0 Å². The lowest BCUT2D eigenvalue weighted by atomic mass is 9.91. The number of hydrogen-bond acceptors (Lipinski definition) is 22. The Kier molecular flexibility index (Phi) is 23.3. The lowest BCUT2D eigenvalue weighted by Crippen LogP contribution is -2.37.